The Morgan fingerprint density at radius 1 is 1.43 bits per heavy atom. The number of rotatable bonds is 6. The molecule has 1 aliphatic heterocycles. The van der Waals surface area contributed by atoms with Crippen molar-refractivity contribution in [2.75, 3.05) is 20.8 Å². The Morgan fingerprint density at radius 3 is 2.74 bits per heavy atom. The molecule has 0 aliphatic carbocycles. The Balaban J connectivity index is 2.25. The van der Waals surface area contributed by atoms with Gasteiger partial charge in [0.1, 0.15) is 0 Å². The zero-order valence-corrected chi connectivity index (χ0v) is 14.3. The van der Waals surface area contributed by atoms with E-state index < -0.39 is 6.29 Å². The van der Waals surface area contributed by atoms with Gasteiger partial charge in [-0.25, -0.2) is 4.79 Å². The van der Waals surface area contributed by atoms with E-state index >= 15 is 0 Å². The van der Waals surface area contributed by atoms with E-state index in [-0.39, 0.29) is 11.4 Å². The molecule has 1 aliphatic rings. The fraction of sp³-hybridized carbons (Fsp3) is 0.529. The Kier molecular flexibility index (Phi) is 5.38. The van der Waals surface area contributed by atoms with E-state index in [9.17, 15) is 4.79 Å². The molecule has 6 nitrogen and oxygen atoms in total. The van der Waals surface area contributed by atoms with Gasteiger partial charge in [-0.3, -0.25) is 4.99 Å². The molecule has 0 fully saturated rings. The molecule has 126 valence electrons. The summed E-state index contributed by atoms with van der Waals surface area (Å²) in [4.78, 5) is 19.5. The maximum atomic E-state index is 11.7. The van der Waals surface area contributed by atoms with Gasteiger partial charge in [-0.05, 0) is 19.1 Å². The number of hydrogen-bond donors (Lipinski definition) is 1. The van der Waals surface area contributed by atoms with Crippen LogP contribution in [0.25, 0.3) is 6.08 Å². The van der Waals surface area contributed by atoms with Crippen LogP contribution in [0.3, 0.4) is 0 Å². The summed E-state index contributed by atoms with van der Waals surface area (Å²) in [5.41, 5.74) is 2.98. The number of nitrogens with zero attached hydrogens (tertiary/aromatic N) is 1. The molecule has 0 radical (unpaired) electrons. The molecule has 1 N–H and O–H groups in total. The monoisotopic (exact) mass is 320 g/mol. The van der Waals surface area contributed by atoms with Gasteiger partial charge in [-0.2, -0.15) is 0 Å². The quantitative estimate of drug-likeness (QED) is 0.646. The number of aromatic amines is 1. The lowest BCUT2D eigenvalue weighted by atomic mass is 9.86. The largest absolute Gasteiger partial charge is 0.462 e. The summed E-state index contributed by atoms with van der Waals surface area (Å²) in [6.07, 6.45) is 3.91. The van der Waals surface area contributed by atoms with Gasteiger partial charge in [0.2, 0.25) is 0 Å². The maximum absolute atomic E-state index is 11.7. The molecular formula is C17H24N2O4. The Bertz CT molecular complexity index is 624. The molecule has 0 atom stereocenters. The number of aromatic nitrogens is 1. The van der Waals surface area contributed by atoms with Crippen molar-refractivity contribution in [2.45, 2.75) is 33.5 Å². The number of ether oxygens (including phenoxy) is 3. The lowest BCUT2D eigenvalue weighted by Crippen LogP contribution is -2.25. The van der Waals surface area contributed by atoms with E-state index in [4.69, 9.17) is 14.2 Å². The molecule has 0 bridgehead atoms. The van der Waals surface area contributed by atoms with E-state index in [2.05, 4.69) is 23.8 Å². The molecule has 0 saturated carbocycles. The second-order valence-corrected chi connectivity index (χ2v) is 6.06. The first kappa shape index (κ1) is 17.4. The summed E-state index contributed by atoms with van der Waals surface area (Å²) in [5.74, 6) is -0.331. The van der Waals surface area contributed by atoms with Crippen LogP contribution >= 0.6 is 0 Å². The molecule has 0 unspecified atom stereocenters. The smallest absolute Gasteiger partial charge is 0.339 e. The lowest BCUT2D eigenvalue weighted by Gasteiger charge is -2.19. The summed E-state index contributed by atoms with van der Waals surface area (Å²) in [6, 6.07) is 1.76. The van der Waals surface area contributed by atoms with Gasteiger partial charge >= 0.3 is 5.97 Å². The molecule has 1 aromatic rings. The average Bonchev–Trinajstić information content (AvgIpc) is 3.06. The second-order valence-electron chi connectivity index (χ2n) is 6.06. The minimum absolute atomic E-state index is 0.125. The molecule has 0 spiro atoms. The third-order valence-corrected chi connectivity index (χ3v) is 3.79. The molecule has 2 heterocycles. The van der Waals surface area contributed by atoms with Crippen LogP contribution in [0.1, 0.15) is 43.2 Å². The lowest BCUT2D eigenvalue weighted by molar-refractivity contribution is -0.0532. The summed E-state index contributed by atoms with van der Waals surface area (Å²) < 4.78 is 15.6. The Labute approximate surface area is 136 Å². The normalized spacial score (nSPS) is 18.5. The van der Waals surface area contributed by atoms with E-state index in [0.29, 0.717) is 12.2 Å². The van der Waals surface area contributed by atoms with Gasteiger partial charge in [-0.15, -0.1) is 0 Å². The molecule has 6 heteroatoms. The molecule has 0 amide bonds. The zero-order chi connectivity index (χ0) is 17.0. The number of carbonyl (C=O) groups is 1. The molecule has 0 saturated heterocycles. The van der Waals surface area contributed by atoms with E-state index in [1.807, 2.05) is 6.08 Å². The highest BCUT2D eigenvalue weighted by Crippen LogP contribution is 2.39. The van der Waals surface area contributed by atoms with Gasteiger partial charge < -0.3 is 19.2 Å². The van der Waals surface area contributed by atoms with Crippen LogP contribution in [0, 0.1) is 5.41 Å². The van der Waals surface area contributed by atoms with Crippen LogP contribution in [-0.4, -0.2) is 43.8 Å². The van der Waals surface area contributed by atoms with E-state index in [1.165, 1.54) is 0 Å². The van der Waals surface area contributed by atoms with Gasteiger partial charge in [0, 0.05) is 43.6 Å². The first-order valence-electron chi connectivity index (χ1n) is 7.62. The van der Waals surface area contributed by atoms with Gasteiger partial charge in [0.05, 0.1) is 17.9 Å². The number of allylic oxidation sites excluding steroid dienone is 1. The molecular weight excluding hydrogens is 296 g/mol. The van der Waals surface area contributed by atoms with Crippen molar-refractivity contribution in [3.63, 3.8) is 0 Å². The highest BCUT2D eigenvalue weighted by atomic mass is 16.7. The van der Waals surface area contributed by atoms with Crippen molar-refractivity contribution in [3.8, 4) is 0 Å². The SMILES string of the molecule is CCOC(=O)c1c[nH]c(/C=C2\N=C(C(OC)OC)CC2(C)C)c1. The van der Waals surface area contributed by atoms with Crippen molar-refractivity contribution in [3.05, 3.63) is 29.2 Å². The Morgan fingerprint density at radius 2 is 2.13 bits per heavy atom. The van der Waals surface area contributed by atoms with Crippen LogP contribution < -0.4 is 0 Å². The third kappa shape index (κ3) is 3.89. The van der Waals surface area contributed by atoms with Crippen LogP contribution in [-0.2, 0) is 14.2 Å². The van der Waals surface area contributed by atoms with Crippen molar-refractivity contribution in [1.29, 1.82) is 0 Å². The van der Waals surface area contributed by atoms with Crippen molar-refractivity contribution >= 4 is 17.8 Å². The first-order chi connectivity index (χ1) is 10.9. The van der Waals surface area contributed by atoms with Crippen molar-refractivity contribution in [1.82, 2.24) is 4.98 Å². The van der Waals surface area contributed by atoms with Gasteiger partial charge in [0.15, 0.2) is 6.29 Å². The van der Waals surface area contributed by atoms with Crippen LogP contribution in [0.15, 0.2) is 23.0 Å². The van der Waals surface area contributed by atoms with Crippen LogP contribution in [0.4, 0.5) is 0 Å². The van der Waals surface area contributed by atoms with E-state index in [1.54, 1.807) is 33.4 Å². The fourth-order valence-electron chi connectivity index (χ4n) is 2.60. The number of nitrogens with one attached hydrogen (secondary N) is 1. The average molecular weight is 320 g/mol. The topological polar surface area (TPSA) is 72.9 Å². The number of aliphatic imine (C=N–C) groups is 1. The summed E-state index contributed by atoms with van der Waals surface area (Å²) in [5, 5.41) is 0. The van der Waals surface area contributed by atoms with Gasteiger partial charge in [0.25, 0.3) is 0 Å². The number of hydrogen-bond acceptors (Lipinski definition) is 5. The second kappa shape index (κ2) is 7.10. The van der Waals surface area contributed by atoms with Crippen molar-refractivity contribution in [2.24, 2.45) is 10.4 Å². The highest BCUT2D eigenvalue weighted by molar-refractivity contribution is 5.93. The first-order valence-corrected chi connectivity index (χ1v) is 7.62. The van der Waals surface area contributed by atoms with Crippen molar-refractivity contribution < 1.29 is 19.0 Å². The Hall–Kier alpha value is -1.92. The number of esters is 1. The summed E-state index contributed by atoms with van der Waals surface area (Å²) in [6.45, 7) is 6.38. The maximum Gasteiger partial charge on any atom is 0.339 e. The summed E-state index contributed by atoms with van der Waals surface area (Å²) in [7, 11) is 3.20. The standard InChI is InChI=1S/C17H24N2O4/c1-6-23-15(20)11-7-12(18-10-11)8-14-17(2,3)9-13(19-14)16(21-4)22-5/h7-8,10,16,18H,6,9H2,1-5H3/b14-8-. The predicted molar refractivity (Wildman–Crippen MR) is 88.4 cm³/mol. The number of methoxy groups -OCH3 is 2. The molecule has 0 aromatic carbocycles. The third-order valence-electron chi connectivity index (χ3n) is 3.79. The van der Waals surface area contributed by atoms with E-state index in [0.717, 1.165) is 23.5 Å². The number of H-pyrrole nitrogens is 1. The molecule has 1 aromatic heterocycles. The van der Waals surface area contributed by atoms with Gasteiger partial charge in [-0.1, -0.05) is 13.8 Å². The number of carbonyl (C=O) groups excluding carboxylic acids is 1. The van der Waals surface area contributed by atoms with Crippen LogP contribution in [0.5, 0.6) is 0 Å². The molecule has 23 heavy (non-hydrogen) atoms. The predicted octanol–water partition coefficient (Wildman–Crippen LogP) is 3.02. The minimum atomic E-state index is -0.432. The highest BCUT2D eigenvalue weighted by Gasteiger charge is 2.35. The molecule has 2 rings (SSSR count). The zero-order valence-electron chi connectivity index (χ0n) is 14.3. The fourth-order valence-corrected chi connectivity index (χ4v) is 2.60. The minimum Gasteiger partial charge on any atom is -0.462 e. The summed E-state index contributed by atoms with van der Waals surface area (Å²) >= 11 is 0. The van der Waals surface area contributed by atoms with Crippen LogP contribution in [0.2, 0.25) is 0 Å².